The highest BCUT2D eigenvalue weighted by Gasteiger charge is 2.29. The summed E-state index contributed by atoms with van der Waals surface area (Å²) in [6, 6.07) is 13.2. The van der Waals surface area contributed by atoms with Crippen LogP contribution in [0.1, 0.15) is 11.1 Å². The average Bonchev–Trinajstić information content (AvgIpc) is 2.83. The number of ether oxygens (including phenoxy) is 1. The summed E-state index contributed by atoms with van der Waals surface area (Å²) in [5.74, 6) is -0.176. The molecular weight excluding hydrogens is 458 g/mol. The maximum atomic E-state index is 12.8. The van der Waals surface area contributed by atoms with Crippen molar-refractivity contribution in [2.45, 2.75) is 11.8 Å². The molecule has 1 aliphatic rings. The van der Waals surface area contributed by atoms with E-state index in [1.807, 2.05) is 24.0 Å². The van der Waals surface area contributed by atoms with Crippen molar-refractivity contribution < 1.29 is 22.7 Å². The van der Waals surface area contributed by atoms with Gasteiger partial charge in [-0.05, 0) is 48.9 Å². The molecule has 0 bridgehead atoms. The number of nitriles is 1. The van der Waals surface area contributed by atoms with Crippen molar-refractivity contribution in [2.24, 2.45) is 0 Å². The largest absolute Gasteiger partial charge is 0.495 e. The van der Waals surface area contributed by atoms with Gasteiger partial charge in [-0.15, -0.1) is 0 Å². The molecule has 0 saturated carbocycles. The first-order chi connectivity index (χ1) is 16.2. The quantitative estimate of drug-likeness (QED) is 0.569. The number of amides is 2. The summed E-state index contributed by atoms with van der Waals surface area (Å²) in [5, 5.41) is 14.2. The first-order valence-electron chi connectivity index (χ1n) is 10.7. The number of nitrogens with zero attached hydrogens (tertiary/aromatic N) is 3. The van der Waals surface area contributed by atoms with Gasteiger partial charge >= 0.3 is 0 Å². The van der Waals surface area contributed by atoms with Crippen LogP contribution in [0.4, 0.5) is 5.69 Å². The summed E-state index contributed by atoms with van der Waals surface area (Å²) >= 11 is 0. The summed E-state index contributed by atoms with van der Waals surface area (Å²) in [6.07, 6.45) is 0. The molecule has 1 heterocycles. The third kappa shape index (κ3) is 6.32. The van der Waals surface area contributed by atoms with Gasteiger partial charge in [0.25, 0.3) is 0 Å². The van der Waals surface area contributed by atoms with E-state index in [1.165, 1.54) is 35.7 Å². The van der Waals surface area contributed by atoms with Crippen LogP contribution in [0, 0.1) is 18.3 Å². The second-order valence-corrected chi connectivity index (χ2v) is 9.78. The minimum Gasteiger partial charge on any atom is -0.495 e. The van der Waals surface area contributed by atoms with Gasteiger partial charge < -0.3 is 15.4 Å². The van der Waals surface area contributed by atoms with E-state index in [1.54, 1.807) is 12.1 Å². The van der Waals surface area contributed by atoms with E-state index in [-0.39, 0.29) is 42.9 Å². The number of aryl methyl sites for hydroxylation is 1. The number of methoxy groups -OCH3 is 1. The lowest BCUT2D eigenvalue weighted by molar-refractivity contribution is -0.125. The number of nitrogens with one attached hydrogen (secondary N) is 2. The smallest absolute Gasteiger partial charge is 0.243 e. The zero-order valence-electron chi connectivity index (χ0n) is 19.1. The van der Waals surface area contributed by atoms with Crippen LogP contribution in [0.3, 0.4) is 0 Å². The molecule has 0 spiro atoms. The molecule has 0 unspecified atom stereocenters. The van der Waals surface area contributed by atoms with Crippen LogP contribution in [0.25, 0.3) is 0 Å². The Kier molecular flexibility index (Phi) is 8.22. The number of hydrogen-bond donors (Lipinski definition) is 2. The normalized spacial score (nSPS) is 14.7. The van der Waals surface area contributed by atoms with Crippen LogP contribution in [-0.4, -0.2) is 75.8 Å². The number of piperazine rings is 1. The van der Waals surface area contributed by atoms with Gasteiger partial charge in [0.1, 0.15) is 5.75 Å². The second kappa shape index (κ2) is 11.1. The molecule has 0 radical (unpaired) electrons. The first kappa shape index (κ1) is 25.2. The fourth-order valence-electron chi connectivity index (χ4n) is 3.53. The lowest BCUT2D eigenvalue weighted by Crippen LogP contribution is -2.51. The van der Waals surface area contributed by atoms with E-state index in [0.29, 0.717) is 30.1 Å². The molecule has 34 heavy (non-hydrogen) atoms. The van der Waals surface area contributed by atoms with Crippen molar-refractivity contribution in [3.05, 3.63) is 53.6 Å². The molecule has 0 aromatic heterocycles. The van der Waals surface area contributed by atoms with Gasteiger partial charge in [0.05, 0.1) is 42.4 Å². The fraction of sp³-hybridized carbons (Fsp3) is 0.348. The monoisotopic (exact) mass is 485 g/mol. The number of sulfonamides is 1. The zero-order valence-corrected chi connectivity index (χ0v) is 19.9. The highest BCUT2D eigenvalue weighted by atomic mass is 32.2. The Bertz CT molecular complexity index is 1180. The number of benzene rings is 2. The number of hydrogen-bond acceptors (Lipinski definition) is 7. The topological polar surface area (TPSA) is 132 Å². The fourth-order valence-corrected chi connectivity index (χ4v) is 4.95. The molecule has 3 rings (SSSR count). The molecule has 2 aromatic rings. The van der Waals surface area contributed by atoms with Gasteiger partial charge in [-0.25, -0.2) is 8.42 Å². The van der Waals surface area contributed by atoms with Crippen LogP contribution in [0.2, 0.25) is 0 Å². The molecule has 1 aliphatic heterocycles. The van der Waals surface area contributed by atoms with Crippen molar-refractivity contribution in [3.63, 3.8) is 0 Å². The van der Waals surface area contributed by atoms with E-state index in [2.05, 4.69) is 10.6 Å². The lowest BCUT2D eigenvalue weighted by Gasteiger charge is -2.33. The average molecular weight is 486 g/mol. The van der Waals surface area contributed by atoms with Crippen molar-refractivity contribution in [1.82, 2.24) is 14.5 Å². The number of carbonyl (C=O) groups excluding carboxylic acids is 2. The predicted octanol–water partition coefficient (Wildman–Crippen LogP) is 0.937. The van der Waals surface area contributed by atoms with E-state index < -0.39 is 10.0 Å². The summed E-state index contributed by atoms with van der Waals surface area (Å²) in [4.78, 5) is 26.5. The van der Waals surface area contributed by atoms with Crippen molar-refractivity contribution in [3.8, 4) is 11.8 Å². The van der Waals surface area contributed by atoms with Crippen LogP contribution < -0.4 is 15.4 Å². The van der Waals surface area contributed by atoms with Crippen LogP contribution in [0.5, 0.6) is 5.75 Å². The molecule has 11 heteroatoms. The molecule has 10 nitrogen and oxygen atoms in total. The standard InChI is InChI=1S/C23H27N5O5S/c1-17-3-8-21(33-2)20(13-17)26-22(29)15-25-23(30)16-27-9-11-28(12-10-27)34(31,32)19-6-4-18(14-24)5-7-19/h3-8,13H,9-12,15-16H2,1-2H3,(H,25,30)(H,26,29). The van der Waals surface area contributed by atoms with Gasteiger partial charge in [0.15, 0.2) is 0 Å². The Morgan fingerprint density at radius 3 is 2.35 bits per heavy atom. The molecule has 180 valence electrons. The van der Waals surface area contributed by atoms with Gasteiger partial charge in [0, 0.05) is 26.2 Å². The van der Waals surface area contributed by atoms with Gasteiger partial charge in [0.2, 0.25) is 21.8 Å². The van der Waals surface area contributed by atoms with Crippen molar-refractivity contribution >= 4 is 27.5 Å². The summed E-state index contributed by atoms with van der Waals surface area (Å²) in [7, 11) is -2.15. The minimum atomic E-state index is -3.67. The molecular formula is C23H27N5O5S. The van der Waals surface area contributed by atoms with Gasteiger partial charge in [-0.2, -0.15) is 9.57 Å². The first-order valence-corrected chi connectivity index (χ1v) is 12.1. The van der Waals surface area contributed by atoms with E-state index >= 15 is 0 Å². The second-order valence-electron chi connectivity index (χ2n) is 7.85. The van der Waals surface area contributed by atoms with E-state index in [4.69, 9.17) is 10.00 Å². The molecule has 2 amide bonds. The highest BCUT2D eigenvalue weighted by molar-refractivity contribution is 7.89. The van der Waals surface area contributed by atoms with Crippen LogP contribution in [0.15, 0.2) is 47.4 Å². The Balaban J connectivity index is 1.45. The third-order valence-electron chi connectivity index (χ3n) is 5.39. The van der Waals surface area contributed by atoms with E-state index in [9.17, 15) is 18.0 Å². The number of carbonyl (C=O) groups is 2. The molecule has 1 saturated heterocycles. The highest BCUT2D eigenvalue weighted by Crippen LogP contribution is 2.25. The number of anilines is 1. The van der Waals surface area contributed by atoms with Gasteiger partial charge in [-0.3, -0.25) is 14.5 Å². The SMILES string of the molecule is COc1ccc(C)cc1NC(=O)CNC(=O)CN1CCN(S(=O)(=O)c2ccc(C#N)cc2)CC1. The minimum absolute atomic E-state index is 0.0613. The Labute approximate surface area is 199 Å². The van der Waals surface area contributed by atoms with Crippen LogP contribution in [-0.2, 0) is 19.6 Å². The maximum Gasteiger partial charge on any atom is 0.243 e. The van der Waals surface area contributed by atoms with Gasteiger partial charge in [-0.1, -0.05) is 6.07 Å². The maximum absolute atomic E-state index is 12.8. The molecule has 1 fully saturated rings. The van der Waals surface area contributed by atoms with Crippen molar-refractivity contribution in [1.29, 1.82) is 5.26 Å². The molecule has 2 aromatic carbocycles. The lowest BCUT2D eigenvalue weighted by atomic mass is 10.2. The predicted molar refractivity (Wildman–Crippen MR) is 126 cm³/mol. The Morgan fingerprint density at radius 1 is 1.06 bits per heavy atom. The van der Waals surface area contributed by atoms with Crippen LogP contribution >= 0.6 is 0 Å². The van der Waals surface area contributed by atoms with E-state index in [0.717, 1.165) is 5.56 Å². The molecule has 0 aliphatic carbocycles. The zero-order chi connectivity index (χ0) is 24.7. The summed E-state index contributed by atoms with van der Waals surface area (Å²) < 4.78 is 32.2. The molecule has 2 N–H and O–H groups in total. The molecule has 0 atom stereocenters. The number of rotatable bonds is 8. The Morgan fingerprint density at radius 2 is 1.74 bits per heavy atom. The summed E-state index contributed by atoms with van der Waals surface area (Å²) in [6.45, 7) is 3.01. The third-order valence-corrected chi connectivity index (χ3v) is 7.31. The summed E-state index contributed by atoms with van der Waals surface area (Å²) in [5.41, 5.74) is 1.88. The Hall–Kier alpha value is -3.46. The van der Waals surface area contributed by atoms with Crippen molar-refractivity contribution in [2.75, 3.05) is 51.7 Å².